The number of nitrogens with one attached hydrogen (secondary N) is 1. The van der Waals surface area contributed by atoms with Crippen molar-refractivity contribution in [3.63, 3.8) is 0 Å². The average molecular weight is 537 g/mol. The molecule has 1 aliphatic rings. The fourth-order valence-corrected chi connectivity index (χ4v) is 4.35. The van der Waals surface area contributed by atoms with Gasteiger partial charge in [-0.15, -0.1) is 0 Å². The van der Waals surface area contributed by atoms with E-state index in [4.69, 9.17) is 21.1 Å². The number of nitrogens with zero attached hydrogens (tertiary/aromatic N) is 3. The van der Waals surface area contributed by atoms with Gasteiger partial charge < -0.3 is 9.47 Å². The van der Waals surface area contributed by atoms with Crippen LogP contribution >= 0.6 is 11.6 Å². The first-order valence-corrected chi connectivity index (χ1v) is 12.6. The van der Waals surface area contributed by atoms with Crippen LogP contribution in [-0.4, -0.2) is 42.1 Å². The van der Waals surface area contributed by atoms with Crippen molar-refractivity contribution in [2.75, 3.05) is 20.2 Å². The van der Waals surface area contributed by atoms with Crippen molar-refractivity contribution in [1.29, 1.82) is 0 Å². The van der Waals surface area contributed by atoms with Gasteiger partial charge in [0.25, 0.3) is 5.69 Å². The highest BCUT2D eigenvalue weighted by Crippen LogP contribution is 2.28. The van der Waals surface area contributed by atoms with Crippen LogP contribution in [0.25, 0.3) is 0 Å². The second kappa shape index (κ2) is 13.0. The predicted octanol–water partition coefficient (Wildman–Crippen LogP) is 5.20. The van der Waals surface area contributed by atoms with Gasteiger partial charge in [0.1, 0.15) is 6.61 Å². The van der Waals surface area contributed by atoms with Crippen LogP contribution < -0.4 is 14.9 Å². The molecule has 0 spiro atoms. The number of hydrogen-bond acceptors (Lipinski definition) is 7. The van der Waals surface area contributed by atoms with Gasteiger partial charge in [0, 0.05) is 29.6 Å². The van der Waals surface area contributed by atoms with Gasteiger partial charge in [-0.1, -0.05) is 23.7 Å². The predicted molar refractivity (Wildman–Crippen MR) is 146 cm³/mol. The summed E-state index contributed by atoms with van der Waals surface area (Å²) in [5.41, 5.74) is 5.40. The third-order valence-electron chi connectivity index (χ3n) is 6.40. The van der Waals surface area contributed by atoms with E-state index in [0.717, 1.165) is 48.6 Å². The maximum Gasteiger partial charge on any atom is 0.269 e. The molecule has 1 fully saturated rings. The van der Waals surface area contributed by atoms with Gasteiger partial charge >= 0.3 is 0 Å². The number of benzene rings is 3. The molecule has 9 nitrogen and oxygen atoms in total. The van der Waals surface area contributed by atoms with E-state index < -0.39 is 4.92 Å². The second-order valence-corrected chi connectivity index (χ2v) is 9.47. The van der Waals surface area contributed by atoms with Crippen molar-refractivity contribution < 1.29 is 19.2 Å². The lowest BCUT2D eigenvalue weighted by Gasteiger charge is -2.30. The summed E-state index contributed by atoms with van der Waals surface area (Å²) < 4.78 is 11.3. The molecule has 10 heteroatoms. The second-order valence-electron chi connectivity index (χ2n) is 9.03. The molecule has 198 valence electrons. The molecule has 0 unspecified atom stereocenters. The van der Waals surface area contributed by atoms with Crippen molar-refractivity contribution in [2.24, 2.45) is 11.0 Å². The van der Waals surface area contributed by atoms with Crippen molar-refractivity contribution >= 4 is 29.4 Å². The summed E-state index contributed by atoms with van der Waals surface area (Å²) in [5, 5.41) is 15.7. The summed E-state index contributed by atoms with van der Waals surface area (Å²) in [7, 11) is 1.54. The van der Waals surface area contributed by atoms with Crippen LogP contribution in [0.2, 0.25) is 5.02 Å². The number of likely N-dealkylation sites (tertiary alicyclic amines) is 1. The molecule has 38 heavy (non-hydrogen) atoms. The number of hydrazone groups is 1. The first-order valence-electron chi connectivity index (χ1n) is 12.2. The largest absolute Gasteiger partial charge is 0.493 e. The van der Waals surface area contributed by atoms with Gasteiger partial charge in [-0.05, 0) is 85.1 Å². The Balaban J connectivity index is 1.27. The summed E-state index contributed by atoms with van der Waals surface area (Å²) in [6.45, 7) is 2.74. The molecule has 0 radical (unpaired) electrons. The van der Waals surface area contributed by atoms with Gasteiger partial charge in [-0.25, -0.2) is 5.43 Å². The number of piperidine rings is 1. The van der Waals surface area contributed by atoms with Crippen LogP contribution in [-0.2, 0) is 17.9 Å². The normalized spacial score (nSPS) is 14.4. The molecule has 1 aliphatic heterocycles. The smallest absolute Gasteiger partial charge is 0.269 e. The maximum absolute atomic E-state index is 12.6. The number of ether oxygens (including phenoxy) is 2. The lowest BCUT2D eigenvalue weighted by molar-refractivity contribution is -0.384. The van der Waals surface area contributed by atoms with Gasteiger partial charge in [-0.2, -0.15) is 5.10 Å². The third-order valence-corrected chi connectivity index (χ3v) is 6.65. The first kappa shape index (κ1) is 27.1. The number of carbonyl (C=O) groups is 1. The fraction of sp³-hybridized carbons (Fsp3) is 0.286. The summed E-state index contributed by atoms with van der Waals surface area (Å²) in [6, 6.07) is 19.3. The highest BCUT2D eigenvalue weighted by Gasteiger charge is 2.24. The molecule has 1 heterocycles. The summed E-state index contributed by atoms with van der Waals surface area (Å²) >= 11 is 5.96. The Morgan fingerprint density at radius 2 is 1.76 bits per heavy atom. The number of amides is 1. The highest BCUT2D eigenvalue weighted by atomic mass is 35.5. The number of nitro benzene ring substituents is 1. The number of nitro groups is 1. The number of halogens is 1. The van der Waals surface area contributed by atoms with Crippen LogP contribution in [0.4, 0.5) is 5.69 Å². The van der Waals surface area contributed by atoms with Gasteiger partial charge in [-0.3, -0.25) is 19.8 Å². The molecule has 4 rings (SSSR count). The Kier molecular flexibility index (Phi) is 9.29. The fourth-order valence-electron chi connectivity index (χ4n) is 4.22. The van der Waals surface area contributed by atoms with Crippen molar-refractivity contribution in [2.45, 2.75) is 26.0 Å². The van der Waals surface area contributed by atoms with E-state index in [1.54, 1.807) is 37.6 Å². The maximum atomic E-state index is 12.6. The molecule has 0 bridgehead atoms. The summed E-state index contributed by atoms with van der Waals surface area (Å²) in [6.07, 6.45) is 3.11. The highest BCUT2D eigenvalue weighted by molar-refractivity contribution is 6.30. The molecule has 0 saturated carbocycles. The van der Waals surface area contributed by atoms with Gasteiger partial charge in [0.15, 0.2) is 11.5 Å². The van der Waals surface area contributed by atoms with Crippen molar-refractivity contribution in [1.82, 2.24) is 10.3 Å². The topological polar surface area (TPSA) is 106 Å². The molecule has 1 amide bonds. The molecule has 1 saturated heterocycles. The monoisotopic (exact) mass is 536 g/mol. The molecule has 1 N–H and O–H groups in total. The first-order chi connectivity index (χ1) is 18.4. The van der Waals surface area contributed by atoms with E-state index in [1.165, 1.54) is 17.7 Å². The number of methoxy groups -OCH3 is 1. The van der Waals surface area contributed by atoms with Crippen molar-refractivity contribution in [3.8, 4) is 11.5 Å². The van der Waals surface area contributed by atoms with E-state index in [-0.39, 0.29) is 24.1 Å². The zero-order valence-corrected chi connectivity index (χ0v) is 21.8. The molecular weight excluding hydrogens is 508 g/mol. The Hall–Kier alpha value is -3.95. The molecule has 3 aromatic carbocycles. The van der Waals surface area contributed by atoms with Gasteiger partial charge in [0.2, 0.25) is 5.91 Å². The Morgan fingerprint density at radius 3 is 2.42 bits per heavy atom. The zero-order valence-electron chi connectivity index (χ0n) is 21.0. The van der Waals surface area contributed by atoms with E-state index in [1.807, 2.05) is 30.3 Å². The minimum absolute atomic E-state index is 0.0232. The average Bonchev–Trinajstić information content (AvgIpc) is 2.94. The number of hydrogen-bond donors (Lipinski definition) is 1. The van der Waals surface area contributed by atoms with Crippen LogP contribution in [0, 0.1) is 16.0 Å². The van der Waals surface area contributed by atoms with Gasteiger partial charge in [0.05, 0.1) is 18.2 Å². The van der Waals surface area contributed by atoms with Crippen LogP contribution in [0.15, 0.2) is 71.8 Å². The Bertz CT molecular complexity index is 1270. The zero-order chi connectivity index (χ0) is 26.9. The minimum Gasteiger partial charge on any atom is -0.493 e. The number of carbonyl (C=O) groups excluding carboxylic acids is 1. The Morgan fingerprint density at radius 1 is 1.08 bits per heavy atom. The van der Waals surface area contributed by atoms with Crippen LogP contribution in [0.5, 0.6) is 11.5 Å². The van der Waals surface area contributed by atoms with E-state index in [0.29, 0.717) is 11.5 Å². The number of non-ortho nitro benzene ring substituents is 1. The summed E-state index contributed by atoms with van der Waals surface area (Å²) in [4.78, 5) is 25.4. The van der Waals surface area contributed by atoms with Crippen LogP contribution in [0.3, 0.4) is 0 Å². The SMILES string of the molecule is COc1ccc(C=NNC(=O)C2CCN(Cc3ccc(Cl)cc3)CC2)cc1OCc1ccc([N+](=O)[O-])cc1. The standard InChI is InChI=1S/C28H29ClN4O5/c1-37-26-11-6-22(16-27(26)38-19-21-4-9-25(10-5-21)33(35)36)17-30-31-28(34)23-12-14-32(15-13-23)18-20-2-7-24(29)8-3-20/h2-11,16-17,23H,12-15,18-19H2,1H3,(H,31,34). The van der Waals surface area contributed by atoms with E-state index in [9.17, 15) is 14.9 Å². The molecule has 0 aromatic heterocycles. The van der Waals surface area contributed by atoms with E-state index in [2.05, 4.69) is 15.4 Å². The number of rotatable bonds is 10. The lowest BCUT2D eigenvalue weighted by atomic mass is 9.96. The van der Waals surface area contributed by atoms with Crippen LogP contribution in [0.1, 0.15) is 29.5 Å². The minimum atomic E-state index is -0.443. The van der Waals surface area contributed by atoms with Crippen molar-refractivity contribution in [3.05, 3.63) is 98.6 Å². The third kappa shape index (κ3) is 7.53. The van der Waals surface area contributed by atoms with E-state index >= 15 is 0 Å². The molecule has 3 aromatic rings. The lowest BCUT2D eigenvalue weighted by Crippen LogP contribution is -2.39. The summed E-state index contributed by atoms with van der Waals surface area (Å²) in [5.74, 6) is 0.869. The molecule has 0 atom stereocenters. The molecular formula is C28H29ClN4O5. The molecule has 0 aliphatic carbocycles. The quantitative estimate of drug-likeness (QED) is 0.217. The Labute approximate surface area is 226 Å².